The lowest BCUT2D eigenvalue weighted by Crippen LogP contribution is -1.87. The van der Waals surface area contributed by atoms with Crippen molar-refractivity contribution in [2.45, 2.75) is 5.75 Å². The van der Waals surface area contributed by atoms with Crippen LogP contribution in [0, 0.1) is 0 Å². The number of hydrogen-bond acceptors (Lipinski definition) is 3. The fourth-order valence-electron chi connectivity index (χ4n) is 0.862. The Hall–Kier alpha value is -1.22. The van der Waals surface area contributed by atoms with E-state index in [0.717, 1.165) is 12.0 Å². The van der Waals surface area contributed by atoms with E-state index in [1.165, 1.54) is 23.5 Å². The Kier molecular flexibility index (Phi) is 4.12. The van der Waals surface area contributed by atoms with Crippen molar-refractivity contribution >= 4 is 18.0 Å². The first-order valence-electron chi connectivity index (χ1n) is 3.90. The standard InChI is InChI=1S/C10H11NOS/c11-6-10(7-12)13-8-9-4-2-1-3-5-9/h1-7H,8,11H2/b10-6-. The van der Waals surface area contributed by atoms with Gasteiger partial charge in [-0.25, -0.2) is 0 Å². The molecule has 0 heterocycles. The maximum Gasteiger partial charge on any atom is 0.157 e. The SMILES string of the molecule is N/C=C(/C=O)SCc1ccccc1. The molecule has 68 valence electrons. The summed E-state index contributed by atoms with van der Waals surface area (Å²) in [4.78, 5) is 11.0. The molecule has 13 heavy (non-hydrogen) atoms. The lowest BCUT2D eigenvalue weighted by molar-refractivity contribution is -0.104. The van der Waals surface area contributed by atoms with Gasteiger partial charge in [-0.2, -0.15) is 0 Å². The van der Waals surface area contributed by atoms with Crippen molar-refractivity contribution in [2.24, 2.45) is 5.73 Å². The van der Waals surface area contributed by atoms with Crippen molar-refractivity contribution in [3.63, 3.8) is 0 Å². The Balaban J connectivity index is 2.48. The summed E-state index contributed by atoms with van der Waals surface area (Å²) < 4.78 is 0. The quantitative estimate of drug-likeness (QED) is 0.587. The molecular formula is C10H11NOS. The highest BCUT2D eigenvalue weighted by Gasteiger charge is 1.96. The van der Waals surface area contributed by atoms with Gasteiger partial charge in [0.25, 0.3) is 0 Å². The molecule has 0 aliphatic rings. The first kappa shape index (κ1) is 9.86. The first-order valence-corrected chi connectivity index (χ1v) is 4.89. The molecule has 3 heteroatoms. The summed E-state index contributed by atoms with van der Waals surface area (Å²) >= 11 is 1.44. The molecule has 0 spiro atoms. The zero-order valence-electron chi connectivity index (χ0n) is 7.14. The van der Waals surface area contributed by atoms with E-state index in [4.69, 9.17) is 5.73 Å². The molecule has 0 aliphatic heterocycles. The summed E-state index contributed by atoms with van der Waals surface area (Å²) in [6.07, 6.45) is 2.11. The Morgan fingerprint density at radius 1 is 1.38 bits per heavy atom. The van der Waals surface area contributed by atoms with Gasteiger partial charge in [0.2, 0.25) is 0 Å². The van der Waals surface area contributed by atoms with Gasteiger partial charge in [-0.15, -0.1) is 11.8 Å². The molecule has 0 bridgehead atoms. The van der Waals surface area contributed by atoms with Gasteiger partial charge in [-0.1, -0.05) is 30.3 Å². The van der Waals surface area contributed by atoms with E-state index in [-0.39, 0.29) is 0 Å². The van der Waals surface area contributed by atoms with Crippen LogP contribution in [0.15, 0.2) is 41.4 Å². The minimum absolute atomic E-state index is 0.573. The molecule has 0 unspecified atom stereocenters. The summed E-state index contributed by atoms with van der Waals surface area (Å²) in [5, 5.41) is 0. The van der Waals surface area contributed by atoms with Crippen LogP contribution in [-0.2, 0) is 10.5 Å². The van der Waals surface area contributed by atoms with Crippen LogP contribution in [0.4, 0.5) is 0 Å². The average molecular weight is 193 g/mol. The van der Waals surface area contributed by atoms with Crippen LogP contribution >= 0.6 is 11.8 Å². The second-order valence-electron chi connectivity index (χ2n) is 2.46. The second-order valence-corrected chi connectivity index (χ2v) is 3.51. The molecule has 0 atom stereocenters. The van der Waals surface area contributed by atoms with Crippen molar-refractivity contribution in [1.82, 2.24) is 0 Å². The number of aldehydes is 1. The van der Waals surface area contributed by atoms with Crippen molar-refractivity contribution in [1.29, 1.82) is 0 Å². The molecular weight excluding hydrogens is 182 g/mol. The fraction of sp³-hybridized carbons (Fsp3) is 0.100. The molecule has 0 saturated heterocycles. The number of allylic oxidation sites excluding steroid dienone is 1. The highest BCUT2D eigenvalue weighted by molar-refractivity contribution is 8.03. The monoisotopic (exact) mass is 193 g/mol. The van der Waals surface area contributed by atoms with Crippen LogP contribution < -0.4 is 5.73 Å². The zero-order valence-corrected chi connectivity index (χ0v) is 7.96. The van der Waals surface area contributed by atoms with E-state index >= 15 is 0 Å². The number of rotatable bonds is 4. The molecule has 1 rings (SSSR count). The average Bonchev–Trinajstić information content (AvgIpc) is 2.21. The van der Waals surface area contributed by atoms with E-state index in [2.05, 4.69) is 0 Å². The number of carbonyl (C=O) groups excluding carboxylic acids is 1. The van der Waals surface area contributed by atoms with Gasteiger partial charge in [-0.05, 0) is 5.56 Å². The van der Waals surface area contributed by atoms with Crippen molar-refractivity contribution < 1.29 is 4.79 Å². The van der Waals surface area contributed by atoms with Gasteiger partial charge < -0.3 is 5.73 Å². The van der Waals surface area contributed by atoms with E-state index < -0.39 is 0 Å². The van der Waals surface area contributed by atoms with Crippen molar-refractivity contribution in [2.75, 3.05) is 0 Å². The predicted molar refractivity (Wildman–Crippen MR) is 56.1 cm³/mol. The number of thioether (sulfide) groups is 1. The fourth-order valence-corrected chi connectivity index (χ4v) is 1.55. The molecule has 2 N–H and O–H groups in total. The molecule has 0 amide bonds. The van der Waals surface area contributed by atoms with Crippen LogP contribution in [0.5, 0.6) is 0 Å². The maximum atomic E-state index is 10.4. The summed E-state index contributed by atoms with van der Waals surface area (Å²) in [7, 11) is 0. The maximum absolute atomic E-state index is 10.4. The third-order valence-electron chi connectivity index (χ3n) is 1.53. The third kappa shape index (κ3) is 3.34. The molecule has 0 aromatic heterocycles. The third-order valence-corrected chi connectivity index (χ3v) is 2.57. The minimum atomic E-state index is 0.573. The van der Waals surface area contributed by atoms with Gasteiger partial charge in [0.05, 0.1) is 4.91 Å². The molecule has 0 radical (unpaired) electrons. The molecule has 0 fully saturated rings. The Bertz CT molecular complexity index is 295. The summed E-state index contributed by atoms with van der Waals surface area (Å²) in [6.45, 7) is 0. The van der Waals surface area contributed by atoms with Crippen LogP contribution in [0.25, 0.3) is 0 Å². The zero-order chi connectivity index (χ0) is 9.52. The molecule has 0 saturated carbocycles. The Morgan fingerprint density at radius 2 is 2.08 bits per heavy atom. The smallest absolute Gasteiger partial charge is 0.157 e. The molecule has 0 aliphatic carbocycles. The first-order chi connectivity index (χ1) is 6.36. The molecule has 1 aromatic rings. The van der Waals surface area contributed by atoms with Gasteiger partial charge >= 0.3 is 0 Å². The van der Waals surface area contributed by atoms with E-state index in [9.17, 15) is 4.79 Å². The van der Waals surface area contributed by atoms with E-state index in [1.807, 2.05) is 30.3 Å². The number of benzene rings is 1. The normalized spacial score (nSPS) is 11.2. The topological polar surface area (TPSA) is 43.1 Å². The number of hydrogen-bond donors (Lipinski definition) is 1. The minimum Gasteiger partial charge on any atom is -0.404 e. The highest BCUT2D eigenvalue weighted by atomic mass is 32.2. The molecule has 1 aromatic carbocycles. The van der Waals surface area contributed by atoms with E-state index in [0.29, 0.717) is 4.91 Å². The van der Waals surface area contributed by atoms with Crippen molar-refractivity contribution in [3.8, 4) is 0 Å². The Morgan fingerprint density at radius 3 is 2.62 bits per heavy atom. The Labute approximate surface area is 81.8 Å². The summed E-state index contributed by atoms with van der Waals surface area (Å²) in [6, 6.07) is 9.96. The second kappa shape index (κ2) is 5.43. The predicted octanol–water partition coefficient (Wildman–Crippen LogP) is 1.92. The summed E-state index contributed by atoms with van der Waals surface area (Å²) in [5.74, 6) is 0.780. The number of carbonyl (C=O) groups is 1. The number of nitrogens with two attached hydrogens (primary N) is 1. The lowest BCUT2D eigenvalue weighted by Gasteiger charge is -1.99. The molecule has 2 nitrogen and oxygen atoms in total. The summed E-state index contributed by atoms with van der Waals surface area (Å²) in [5.41, 5.74) is 6.42. The highest BCUT2D eigenvalue weighted by Crippen LogP contribution is 2.18. The lowest BCUT2D eigenvalue weighted by atomic mass is 10.2. The van der Waals surface area contributed by atoms with Crippen LogP contribution in [0.1, 0.15) is 5.56 Å². The van der Waals surface area contributed by atoms with Gasteiger partial charge in [0.1, 0.15) is 0 Å². The largest absolute Gasteiger partial charge is 0.404 e. The van der Waals surface area contributed by atoms with Crippen LogP contribution in [-0.4, -0.2) is 6.29 Å². The van der Waals surface area contributed by atoms with Gasteiger partial charge in [0.15, 0.2) is 6.29 Å². The van der Waals surface area contributed by atoms with E-state index in [1.54, 1.807) is 0 Å². The van der Waals surface area contributed by atoms with Gasteiger partial charge in [0, 0.05) is 12.0 Å². The van der Waals surface area contributed by atoms with Crippen LogP contribution in [0.3, 0.4) is 0 Å². The van der Waals surface area contributed by atoms with Gasteiger partial charge in [-0.3, -0.25) is 4.79 Å². The van der Waals surface area contributed by atoms with Crippen molar-refractivity contribution in [3.05, 3.63) is 47.0 Å². The van der Waals surface area contributed by atoms with Crippen LogP contribution in [0.2, 0.25) is 0 Å².